The summed E-state index contributed by atoms with van der Waals surface area (Å²) in [6, 6.07) is 11.4. The molecule has 100 valence electrons. The largest absolute Gasteiger partial charge is 0.333 e. The second-order valence-corrected chi connectivity index (χ2v) is 5.38. The van der Waals surface area contributed by atoms with Gasteiger partial charge in [-0.2, -0.15) is 0 Å². The van der Waals surface area contributed by atoms with Gasteiger partial charge in [-0.15, -0.1) is 0 Å². The van der Waals surface area contributed by atoms with Crippen LogP contribution in [0, 0.1) is 0 Å². The summed E-state index contributed by atoms with van der Waals surface area (Å²) in [5.41, 5.74) is 1.44. The van der Waals surface area contributed by atoms with Gasteiger partial charge in [0, 0.05) is 31.5 Å². The lowest BCUT2D eigenvalue weighted by molar-refractivity contribution is 0.156. The third kappa shape index (κ3) is 2.87. The Morgan fingerprint density at radius 1 is 1.21 bits per heavy atom. The zero-order valence-corrected chi connectivity index (χ0v) is 11.5. The van der Waals surface area contributed by atoms with Crippen molar-refractivity contribution in [3.63, 3.8) is 0 Å². The fourth-order valence-corrected chi connectivity index (χ4v) is 2.77. The number of aromatic nitrogens is 2. The van der Waals surface area contributed by atoms with Crippen molar-refractivity contribution in [1.29, 1.82) is 0 Å². The van der Waals surface area contributed by atoms with E-state index in [1.165, 1.54) is 17.8 Å². The summed E-state index contributed by atoms with van der Waals surface area (Å²) in [7, 11) is 0. The van der Waals surface area contributed by atoms with Gasteiger partial charge in [0.15, 0.2) is 0 Å². The van der Waals surface area contributed by atoms with E-state index in [2.05, 4.69) is 57.9 Å². The van der Waals surface area contributed by atoms with Gasteiger partial charge in [-0.05, 0) is 25.3 Å². The Balaban J connectivity index is 1.55. The van der Waals surface area contributed by atoms with E-state index in [0.717, 1.165) is 26.1 Å². The molecule has 3 heteroatoms. The molecular weight excluding hydrogens is 234 g/mol. The number of hydrogen-bond acceptors (Lipinski definition) is 2. The van der Waals surface area contributed by atoms with Gasteiger partial charge in [0.1, 0.15) is 5.82 Å². The zero-order valence-electron chi connectivity index (χ0n) is 11.5. The molecule has 1 aromatic heterocycles. The average Bonchev–Trinajstić information content (AvgIpc) is 2.93. The number of fused-ring (bicyclic) bond motifs is 1. The number of hydrogen-bond donors (Lipinski definition) is 0. The van der Waals surface area contributed by atoms with Crippen LogP contribution in [0.4, 0.5) is 0 Å². The molecule has 3 nitrogen and oxygen atoms in total. The van der Waals surface area contributed by atoms with Crippen LogP contribution in [0.15, 0.2) is 42.7 Å². The highest BCUT2D eigenvalue weighted by atomic mass is 15.2. The predicted molar refractivity (Wildman–Crippen MR) is 76.9 cm³/mol. The van der Waals surface area contributed by atoms with Crippen molar-refractivity contribution in [3.8, 4) is 0 Å². The van der Waals surface area contributed by atoms with Crippen LogP contribution in [0.1, 0.15) is 24.7 Å². The minimum Gasteiger partial charge on any atom is -0.333 e. The van der Waals surface area contributed by atoms with E-state index >= 15 is 0 Å². The van der Waals surface area contributed by atoms with E-state index in [9.17, 15) is 0 Å². The fourth-order valence-electron chi connectivity index (χ4n) is 2.77. The molecule has 0 bridgehead atoms. The SMILES string of the molecule is C[C@H](CCc1ccccc1)N1CCn2ccnc2C1. The number of imidazole rings is 1. The normalized spacial score (nSPS) is 17.1. The van der Waals surface area contributed by atoms with Crippen LogP contribution in [0.2, 0.25) is 0 Å². The topological polar surface area (TPSA) is 21.1 Å². The molecule has 0 fully saturated rings. The highest BCUT2D eigenvalue weighted by Crippen LogP contribution is 2.16. The Bertz CT molecular complexity index is 518. The molecule has 0 amide bonds. The van der Waals surface area contributed by atoms with Gasteiger partial charge < -0.3 is 4.57 Å². The van der Waals surface area contributed by atoms with Gasteiger partial charge in [-0.25, -0.2) is 4.98 Å². The quantitative estimate of drug-likeness (QED) is 0.837. The molecule has 1 aromatic carbocycles. The first-order chi connectivity index (χ1) is 9.33. The Morgan fingerprint density at radius 2 is 2.05 bits per heavy atom. The van der Waals surface area contributed by atoms with E-state index in [4.69, 9.17) is 0 Å². The molecule has 0 radical (unpaired) electrons. The molecule has 1 aliphatic rings. The third-order valence-electron chi connectivity index (χ3n) is 4.09. The lowest BCUT2D eigenvalue weighted by Gasteiger charge is -2.32. The first kappa shape index (κ1) is 12.4. The smallest absolute Gasteiger partial charge is 0.122 e. The van der Waals surface area contributed by atoms with Gasteiger partial charge >= 0.3 is 0 Å². The molecule has 1 aliphatic heterocycles. The highest BCUT2D eigenvalue weighted by molar-refractivity contribution is 5.14. The first-order valence-electron chi connectivity index (χ1n) is 7.11. The van der Waals surface area contributed by atoms with Crippen molar-refractivity contribution in [2.75, 3.05) is 6.54 Å². The van der Waals surface area contributed by atoms with Gasteiger partial charge in [0.2, 0.25) is 0 Å². The molecule has 0 N–H and O–H groups in total. The van der Waals surface area contributed by atoms with Crippen LogP contribution >= 0.6 is 0 Å². The first-order valence-corrected chi connectivity index (χ1v) is 7.11. The summed E-state index contributed by atoms with van der Waals surface area (Å²) < 4.78 is 2.26. The molecule has 0 spiro atoms. The summed E-state index contributed by atoms with van der Waals surface area (Å²) in [5, 5.41) is 0. The third-order valence-corrected chi connectivity index (χ3v) is 4.09. The van der Waals surface area contributed by atoms with E-state index in [1.807, 2.05) is 6.20 Å². The van der Waals surface area contributed by atoms with Crippen molar-refractivity contribution in [2.24, 2.45) is 0 Å². The maximum Gasteiger partial charge on any atom is 0.122 e. The molecule has 1 atom stereocenters. The minimum atomic E-state index is 0.616. The Kier molecular flexibility index (Phi) is 3.65. The number of aryl methyl sites for hydroxylation is 1. The van der Waals surface area contributed by atoms with Crippen LogP contribution in [0.5, 0.6) is 0 Å². The molecule has 0 unspecified atom stereocenters. The van der Waals surface area contributed by atoms with E-state index in [1.54, 1.807) is 0 Å². The van der Waals surface area contributed by atoms with Gasteiger partial charge in [0.05, 0.1) is 6.54 Å². The highest BCUT2D eigenvalue weighted by Gasteiger charge is 2.20. The lowest BCUT2D eigenvalue weighted by atomic mass is 10.0. The van der Waals surface area contributed by atoms with Crippen LogP contribution in [-0.4, -0.2) is 27.0 Å². The summed E-state index contributed by atoms with van der Waals surface area (Å²) in [4.78, 5) is 6.98. The maximum atomic E-state index is 4.43. The second-order valence-electron chi connectivity index (χ2n) is 5.38. The number of rotatable bonds is 4. The van der Waals surface area contributed by atoms with Crippen LogP contribution < -0.4 is 0 Å². The fraction of sp³-hybridized carbons (Fsp3) is 0.438. The monoisotopic (exact) mass is 255 g/mol. The summed E-state index contributed by atoms with van der Waals surface area (Å²) >= 11 is 0. The molecule has 2 aromatic rings. The second kappa shape index (κ2) is 5.57. The zero-order chi connectivity index (χ0) is 13.1. The average molecular weight is 255 g/mol. The van der Waals surface area contributed by atoms with Crippen LogP contribution in [0.25, 0.3) is 0 Å². The molecule has 0 saturated carbocycles. The van der Waals surface area contributed by atoms with Crippen molar-refractivity contribution in [2.45, 2.75) is 38.9 Å². The van der Waals surface area contributed by atoms with Crippen LogP contribution in [-0.2, 0) is 19.5 Å². The standard InChI is InChI=1S/C16H21N3/c1-14(7-8-15-5-3-2-4-6-15)19-12-11-18-10-9-17-16(18)13-19/h2-6,9-10,14H,7-8,11-13H2,1H3/t14-/m1/s1. The maximum absolute atomic E-state index is 4.43. The van der Waals surface area contributed by atoms with Crippen molar-refractivity contribution >= 4 is 0 Å². The Hall–Kier alpha value is -1.61. The van der Waals surface area contributed by atoms with Gasteiger partial charge in [-0.1, -0.05) is 30.3 Å². The Labute approximate surface area is 114 Å². The summed E-state index contributed by atoms with van der Waals surface area (Å²) in [5.74, 6) is 1.21. The lowest BCUT2D eigenvalue weighted by Crippen LogP contribution is -2.39. The minimum absolute atomic E-state index is 0.616. The molecular formula is C16H21N3. The molecule has 2 heterocycles. The number of benzene rings is 1. The van der Waals surface area contributed by atoms with Crippen LogP contribution in [0.3, 0.4) is 0 Å². The molecule has 0 saturated heterocycles. The van der Waals surface area contributed by atoms with Crippen molar-refractivity contribution in [3.05, 3.63) is 54.1 Å². The molecule has 19 heavy (non-hydrogen) atoms. The van der Waals surface area contributed by atoms with Crippen molar-refractivity contribution < 1.29 is 0 Å². The summed E-state index contributed by atoms with van der Waals surface area (Å²) in [6.45, 7) is 5.54. The van der Waals surface area contributed by atoms with E-state index < -0.39 is 0 Å². The molecule has 3 rings (SSSR count). The summed E-state index contributed by atoms with van der Waals surface area (Å²) in [6.07, 6.45) is 6.37. The van der Waals surface area contributed by atoms with Crippen molar-refractivity contribution in [1.82, 2.24) is 14.5 Å². The van der Waals surface area contributed by atoms with Gasteiger partial charge in [-0.3, -0.25) is 4.90 Å². The molecule has 0 aliphatic carbocycles. The van der Waals surface area contributed by atoms with E-state index in [-0.39, 0.29) is 0 Å². The van der Waals surface area contributed by atoms with Gasteiger partial charge in [0.25, 0.3) is 0 Å². The van der Waals surface area contributed by atoms with E-state index in [0.29, 0.717) is 6.04 Å². The number of nitrogens with zero attached hydrogens (tertiary/aromatic N) is 3. The Morgan fingerprint density at radius 3 is 2.89 bits per heavy atom. The predicted octanol–water partition coefficient (Wildman–Crippen LogP) is 2.72.